The number of sulfonamides is 1. The number of carbonyl (C=O) groups is 1. The third kappa shape index (κ3) is 5.48. The molecule has 0 radical (unpaired) electrons. The molecular weight excluding hydrogens is 400 g/mol. The molecule has 2 aromatic rings. The molecule has 1 unspecified atom stereocenters. The van der Waals surface area contributed by atoms with Gasteiger partial charge >= 0.3 is 5.97 Å². The molecule has 1 saturated heterocycles. The molecule has 1 fully saturated rings. The smallest absolute Gasteiger partial charge is 0.342 e. The van der Waals surface area contributed by atoms with Gasteiger partial charge in [-0.05, 0) is 72.8 Å². The van der Waals surface area contributed by atoms with Crippen molar-refractivity contribution in [3.05, 3.63) is 48.5 Å². The Morgan fingerprint density at radius 3 is 2.29 bits per heavy atom. The Labute approximate surface area is 168 Å². The van der Waals surface area contributed by atoms with E-state index in [4.69, 9.17) is 9.57 Å². The van der Waals surface area contributed by atoms with E-state index in [1.807, 2.05) is 29.2 Å². The van der Waals surface area contributed by atoms with Crippen LogP contribution in [0.25, 0.3) is 0 Å². The monoisotopic (exact) mass is 422 g/mol. The van der Waals surface area contributed by atoms with Crippen molar-refractivity contribution in [1.29, 1.82) is 0 Å². The second-order valence-corrected chi connectivity index (χ2v) is 9.05. The van der Waals surface area contributed by atoms with E-state index in [0.717, 1.165) is 34.9 Å². The molecule has 3 rings (SSSR count). The molecule has 150 valence electrons. The first-order chi connectivity index (χ1) is 13.5. The molecule has 0 amide bonds. The standard InChI is InChI=1S/C19H22N2O5S2/c1-25-14-5-7-15(8-6-14)27-16-9-11-17(12-10-16)28(23,24)21-26-19(22)18-4-2-3-13-20-18/h5-12,18,20-21H,2-4,13H2,1H3. The van der Waals surface area contributed by atoms with Crippen molar-refractivity contribution >= 4 is 27.8 Å². The number of carbonyl (C=O) groups excluding carboxylic acids is 1. The summed E-state index contributed by atoms with van der Waals surface area (Å²) in [5, 5.41) is 3.01. The zero-order valence-electron chi connectivity index (χ0n) is 15.4. The molecule has 2 N–H and O–H groups in total. The van der Waals surface area contributed by atoms with Crippen molar-refractivity contribution in [2.75, 3.05) is 13.7 Å². The number of nitrogens with one attached hydrogen (secondary N) is 2. The van der Waals surface area contributed by atoms with Crippen LogP contribution in [0.3, 0.4) is 0 Å². The Bertz CT molecular complexity index is 893. The molecule has 9 heteroatoms. The SMILES string of the molecule is COc1ccc(Sc2ccc(S(=O)(=O)NOC(=O)C3CCCCN3)cc2)cc1. The van der Waals surface area contributed by atoms with Gasteiger partial charge in [0.2, 0.25) is 0 Å². The maximum absolute atomic E-state index is 12.3. The van der Waals surface area contributed by atoms with Crippen LogP contribution in [-0.2, 0) is 19.7 Å². The summed E-state index contributed by atoms with van der Waals surface area (Å²) in [6.07, 6.45) is 2.54. The highest BCUT2D eigenvalue weighted by molar-refractivity contribution is 7.99. The number of hydrogen-bond donors (Lipinski definition) is 2. The highest BCUT2D eigenvalue weighted by atomic mass is 32.2. The van der Waals surface area contributed by atoms with Gasteiger partial charge in [-0.3, -0.25) is 0 Å². The highest BCUT2D eigenvalue weighted by Gasteiger charge is 2.24. The van der Waals surface area contributed by atoms with Gasteiger partial charge in [0.15, 0.2) is 0 Å². The number of hydrogen-bond acceptors (Lipinski definition) is 7. The molecule has 1 heterocycles. The van der Waals surface area contributed by atoms with E-state index < -0.39 is 22.0 Å². The van der Waals surface area contributed by atoms with Crippen molar-refractivity contribution in [1.82, 2.24) is 10.2 Å². The van der Waals surface area contributed by atoms with Crippen LogP contribution in [0.5, 0.6) is 5.75 Å². The number of rotatable bonds is 7. The van der Waals surface area contributed by atoms with Crippen molar-refractivity contribution in [2.24, 2.45) is 0 Å². The van der Waals surface area contributed by atoms with Gasteiger partial charge in [-0.1, -0.05) is 18.2 Å². The summed E-state index contributed by atoms with van der Waals surface area (Å²) in [5.41, 5.74) is 0. The van der Waals surface area contributed by atoms with E-state index in [0.29, 0.717) is 6.42 Å². The van der Waals surface area contributed by atoms with Crippen molar-refractivity contribution < 1.29 is 22.8 Å². The molecule has 2 aromatic carbocycles. The molecule has 1 atom stereocenters. The van der Waals surface area contributed by atoms with Crippen LogP contribution in [-0.4, -0.2) is 34.1 Å². The maximum atomic E-state index is 12.3. The third-order valence-electron chi connectivity index (χ3n) is 4.28. The van der Waals surface area contributed by atoms with Crippen LogP contribution in [0.1, 0.15) is 19.3 Å². The lowest BCUT2D eigenvalue weighted by molar-refractivity contribution is -0.150. The summed E-state index contributed by atoms with van der Waals surface area (Å²) in [6, 6.07) is 13.5. The minimum atomic E-state index is -3.94. The summed E-state index contributed by atoms with van der Waals surface area (Å²) in [4.78, 5) is 20.6. The van der Waals surface area contributed by atoms with Crippen LogP contribution in [0.15, 0.2) is 63.2 Å². The van der Waals surface area contributed by atoms with Gasteiger partial charge in [-0.15, -0.1) is 0 Å². The average molecular weight is 423 g/mol. The zero-order valence-corrected chi connectivity index (χ0v) is 17.0. The number of ether oxygens (including phenoxy) is 1. The molecule has 0 bridgehead atoms. The van der Waals surface area contributed by atoms with Crippen molar-refractivity contribution in [3.63, 3.8) is 0 Å². The molecule has 1 aliphatic rings. The van der Waals surface area contributed by atoms with E-state index in [-0.39, 0.29) is 4.90 Å². The maximum Gasteiger partial charge on any atom is 0.342 e. The lowest BCUT2D eigenvalue weighted by atomic mass is 10.1. The molecular formula is C19H22N2O5S2. The van der Waals surface area contributed by atoms with Gasteiger partial charge in [0.05, 0.1) is 12.0 Å². The fourth-order valence-corrected chi connectivity index (χ4v) is 4.33. The van der Waals surface area contributed by atoms with E-state index in [9.17, 15) is 13.2 Å². The Balaban J connectivity index is 1.58. The highest BCUT2D eigenvalue weighted by Crippen LogP contribution is 2.29. The van der Waals surface area contributed by atoms with E-state index in [1.165, 1.54) is 23.9 Å². The van der Waals surface area contributed by atoms with Gasteiger partial charge in [-0.2, -0.15) is 0 Å². The lowest BCUT2D eigenvalue weighted by Gasteiger charge is -2.21. The second-order valence-electron chi connectivity index (χ2n) is 6.26. The molecule has 0 aliphatic carbocycles. The molecule has 0 aromatic heterocycles. The summed E-state index contributed by atoms with van der Waals surface area (Å²) < 4.78 is 29.8. The number of methoxy groups -OCH3 is 1. The first-order valence-electron chi connectivity index (χ1n) is 8.86. The third-order valence-corrected chi connectivity index (χ3v) is 6.49. The topological polar surface area (TPSA) is 93.7 Å². The van der Waals surface area contributed by atoms with Crippen LogP contribution in [0, 0.1) is 0 Å². The number of benzene rings is 2. The predicted molar refractivity (Wildman–Crippen MR) is 106 cm³/mol. The van der Waals surface area contributed by atoms with Gasteiger partial charge in [0.1, 0.15) is 11.8 Å². The first kappa shape index (κ1) is 20.7. The summed E-state index contributed by atoms with van der Waals surface area (Å²) in [7, 11) is -2.33. The first-order valence-corrected chi connectivity index (χ1v) is 11.2. The Hall–Kier alpha value is -2.07. The predicted octanol–water partition coefficient (Wildman–Crippen LogP) is 2.73. The van der Waals surface area contributed by atoms with Gasteiger partial charge < -0.3 is 14.9 Å². The normalized spacial score (nSPS) is 17.1. The van der Waals surface area contributed by atoms with Gasteiger partial charge in [0, 0.05) is 9.79 Å². The largest absolute Gasteiger partial charge is 0.497 e. The Morgan fingerprint density at radius 1 is 1.07 bits per heavy atom. The summed E-state index contributed by atoms with van der Waals surface area (Å²) in [6.45, 7) is 0.722. The fourth-order valence-electron chi connectivity index (χ4n) is 2.73. The molecule has 28 heavy (non-hydrogen) atoms. The van der Waals surface area contributed by atoms with Crippen LogP contribution in [0.2, 0.25) is 0 Å². The summed E-state index contributed by atoms with van der Waals surface area (Å²) in [5.74, 6) is 0.157. The fraction of sp³-hybridized carbons (Fsp3) is 0.316. The van der Waals surface area contributed by atoms with Crippen LogP contribution >= 0.6 is 11.8 Å². The minimum absolute atomic E-state index is 0.0241. The molecule has 0 spiro atoms. The second kappa shape index (κ2) is 9.42. The van der Waals surface area contributed by atoms with Gasteiger partial charge in [0.25, 0.3) is 10.0 Å². The molecule has 7 nitrogen and oxygen atoms in total. The van der Waals surface area contributed by atoms with E-state index in [1.54, 1.807) is 19.2 Å². The number of piperidine rings is 1. The van der Waals surface area contributed by atoms with Gasteiger partial charge in [-0.25, -0.2) is 13.2 Å². The van der Waals surface area contributed by atoms with Crippen molar-refractivity contribution in [3.8, 4) is 5.75 Å². The Morgan fingerprint density at radius 2 is 1.71 bits per heavy atom. The van der Waals surface area contributed by atoms with Crippen LogP contribution < -0.4 is 14.9 Å². The zero-order chi connectivity index (χ0) is 20.0. The minimum Gasteiger partial charge on any atom is -0.497 e. The lowest BCUT2D eigenvalue weighted by Crippen LogP contribution is -2.44. The van der Waals surface area contributed by atoms with Crippen molar-refractivity contribution in [2.45, 2.75) is 40.0 Å². The van der Waals surface area contributed by atoms with Crippen LogP contribution in [0.4, 0.5) is 0 Å². The molecule has 0 saturated carbocycles. The summed E-state index contributed by atoms with van der Waals surface area (Å²) >= 11 is 1.50. The average Bonchev–Trinajstić information content (AvgIpc) is 2.74. The van der Waals surface area contributed by atoms with E-state index >= 15 is 0 Å². The Kier molecular flexibility index (Phi) is 6.95. The van der Waals surface area contributed by atoms with E-state index in [2.05, 4.69) is 5.32 Å². The quantitative estimate of drug-likeness (QED) is 0.663. The molecule has 1 aliphatic heterocycles.